The Balaban J connectivity index is 1.82. The fourth-order valence-corrected chi connectivity index (χ4v) is 3.46. The molecule has 1 N–H and O–H groups in total. The van der Waals surface area contributed by atoms with Crippen LogP contribution >= 0.6 is 0 Å². The molecule has 3 rings (SSSR count). The van der Waals surface area contributed by atoms with Crippen molar-refractivity contribution in [2.24, 2.45) is 0 Å². The van der Waals surface area contributed by atoms with E-state index >= 15 is 0 Å². The van der Waals surface area contributed by atoms with Crippen LogP contribution in [-0.4, -0.2) is 49.7 Å². The number of oxazole rings is 1. The molecule has 1 aliphatic heterocycles. The zero-order chi connectivity index (χ0) is 20.0. The Bertz CT molecular complexity index is 867. The van der Waals surface area contributed by atoms with Crippen LogP contribution in [0.25, 0.3) is 0 Å². The Hall–Kier alpha value is -2.64. The van der Waals surface area contributed by atoms with Crippen LogP contribution in [0, 0.1) is 13.8 Å². The SMILES string of the molecule is Cc1nc(C(=O)N2CCC(C(=O)O)(n3ccc(C(C)(C)C)n3)CC2)c(C)o1. The van der Waals surface area contributed by atoms with Crippen LogP contribution in [0.1, 0.15) is 61.4 Å². The summed E-state index contributed by atoms with van der Waals surface area (Å²) >= 11 is 0. The average molecular weight is 374 g/mol. The zero-order valence-corrected chi connectivity index (χ0v) is 16.4. The summed E-state index contributed by atoms with van der Waals surface area (Å²) in [6.07, 6.45) is 2.31. The average Bonchev–Trinajstić information content (AvgIpc) is 3.21. The largest absolute Gasteiger partial charge is 0.479 e. The molecule has 146 valence electrons. The van der Waals surface area contributed by atoms with Gasteiger partial charge in [-0.25, -0.2) is 9.78 Å². The molecule has 1 amide bonds. The number of amides is 1. The van der Waals surface area contributed by atoms with Gasteiger partial charge in [0.15, 0.2) is 17.1 Å². The lowest BCUT2D eigenvalue weighted by Crippen LogP contribution is -2.52. The summed E-state index contributed by atoms with van der Waals surface area (Å²) < 4.78 is 6.90. The second kappa shape index (κ2) is 6.51. The molecule has 0 saturated carbocycles. The van der Waals surface area contributed by atoms with Gasteiger partial charge in [-0.15, -0.1) is 0 Å². The number of aromatic nitrogens is 3. The van der Waals surface area contributed by atoms with Gasteiger partial charge in [-0.1, -0.05) is 20.8 Å². The second-order valence-corrected chi connectivity index (χ2v) is 8.16. The predicted octanol–water partition coefficient (Wildman–Crippen LogP) is 2.50. The third-order valence-corrected chi connectivity index (χ3v) is 5.18. The van der Waals surface area contributed by atoms with E-state index in [1.807, 2.05) is 26.8 Å². The highest BCUT2D eigenvalue weighted by Gasteiger charge is 2.45. The molecule has 0 aromatic carbocycles. The first-order valence-electron chi connectivity index (χ1n) is 9.08. The summed E-state index contributed by atoms with van der Waals surface area (Å²) in [5.74, 6) is -0.223. The van der Waals surface area contributed by atoms with E-state index in [1.165, 1.54) is 0 Å². The third-order valence-electron chi connectivity index (χ3n) is 5.18. The lowest BCUT2D eigenvalue weighted by molar-refractivity contribution is -0.150. The highest BCUT2D eigenvalue weighted by Crippen LogP contribution is 2.32. The van der Waals surface area contributed by atoms with E-state index in [4.69, 9.17) is 4.42 Å². The van der Waals surface area contributed by atoms with Gasteiger partial charge in [0.1, 0.15) is 5.76 Å². The molecule has 0 aliphatic carbocycles. The highest BCUT2D eigenvalue weighted by molar-refractivity contribution is 5.93. The van der Waals surface area contributed by atoms with Gasteiger partial charge in [0.05, 0.1) is 5.69 Å². The lowest BCUT2D eigenvalue weighted by Gasteiger charge is -2.38. The summed E-state index contributed by atoms with van der Waals surface area (Å²) in [4.78, 5) is 30.7. The highest BCUT2D eigenvalue weighted by atomic mass is 16.4. The molecule has 2 aromatic rings. The van der Waals surface area contributed by atoms with Crippen LogP contribution in [0.3, 0.4) is 0 Å². The van der Waals surface area contributed by atoms with Crippen molar-refractivity contribution in [3.8, 4) is 0 Å². The number of likely N-dealkylation sites (tertiary alicyclic amines) is 1. The number of carbonyl (C=O) groups excluding carboxylic acids is 1. The quantitative estimate of drug-likeness (QED) is 0.886. The normalized spacial score (nSPS) is 17.1. The van der Waals surface area contributed by atoms with Crippen LogP contribution in [0.4, 0.5) is 0 Å². The van der Waals surface area contributed by atoms with Gasteiger partial charge in [-0.05, 0) is 13.0 Å². The van der Waals surface area contributed by atoms with Gasteiger partial charge < -0.3 is 14.4 Å². The maximum absolute atomic E-state index is 12.7. The topological polar surface area (TPSA) is 101 Å². The number of rotatable bonds is 3. The fourth-order valence-electron chi connectivity index (χ4n) is 3.46. The minimum absolute atomic E-state index is 0.163. The van der Waals surface area contributed by atoms with Crippen molar-refractivity contribution in [1.29, 1.82) is 0 Å². The van der Waals surface area contributed by atoms with Crippen LogP contribution < -0.4 is 0 Å². The van der Waals surface area contributed by atoms with E-state index in [0.717, 1.165) is 5.69 Å². The van der Waals surface area contributed by atoms with Crippen molar-refractivity contribution in [2.75, 3.05) is 13.1 Å². The number of hydrogen-bond donors (Lipinski definition) is 1. The molecule has 0 atom stereocenters. The standard InChI is InChI=1S/C19H26N4O4/c1-12-15(20-13(2)27-12)16(24)22-10-7-19(8-11-22,17(25)26)23-9-6-14(21-23)18(3,4)5/h6,9H,7-8,10-11H2,1-5H3,(H,25,26). The fraction of sp³-hybridized carbons (Fsp3) is 0.579. The molecular weight excluding hydrogens is 348 g/mol. The molecule has 0 radical (unpaired) electrons. The van der Waals surface area contributed by atoms with Crippen LogP contribution in [0.5, 0.6) is 0 Å². The smallest absolute Gasteiger partial charge is 0.331 e. The van der Waals surface area contributed by atoms with E-state index < -0.39 is 11.5 Å². The molecule has 1 aliphatic rings. The molecule has 2 aromatic heterocycles. The molecule has 0 spiro atoms. The maximum Gasteiger partial charge on any atom is 0.331 e. The van der Waals surface area contributed by atoms with Crippen molar-refractivity contribution in [2.45, 2.75) is 58.4 Å². The Morgan fingerprint density at radius 1 is 1.22 bits per heavy atom. The van der Waals surface area contributed by atoms with E-state index in [0.29, 0.717) is 30.4 Å². The summed E-state index contributed by atoms with van der Waals surface area (Å²) in [7, 11) is 0. The number of aryl methyl sites for hydroxylation is 2. The monoisotopic (exact) mass is 374 g/mol. The summed E-state index contributed by atoms with van der Waals surface area (Å²) in [5, 5.41) is 14.5. The minimum atomic E-state index is -1.14. The minimum Gasteiger partial charge on any atom is -0.479 e. The van der Waals surface area contributed by atoms with Crippen molar-refractivity contribution in [3.05, 3.63) is 35.3 Å². The van der Waals surface area contributed by atoms with Gasteiger partial charge in [0.25, 0.3) is 5.91 Å². The summed E-state index contributed by atoms with van der Waals surface area (Å²) in [5.41, 5.74) is -0.168. The van der Waals surface area contributed by atoms with E-state index in [-0.39, 0.29) is 24.2 Å². The van der Waals surface area contributed by atoms with Crippen molar-refractivity contribution < 1.29 is 19.1 Å². The van der Waals surface area contributed by atoms with Gasteiger partial charge in [-0.3, -0.25) is 9.48 Å². The van der Waals surface area contributed by atoms with Gasteiger partial charge in [0.2, 0.25) is 0 Å². The molecule has 1 saturated heterocycles. The summed E-state index contributed by atoms with van der Waals surface area (Å²) in [6, 6.07) is 1.86. The van der Waals surface area contributed by atoms with E-state index in [9.17, 15) is 14.7 Å². The van der Waals surface area contributed by atoms with Crippen LogP contribution in [0.15, 0.2) is 16.7 Å². The Labute approximate surface area is 158 Å². The first kappa shape index (κ1) is 19.1. The Kier molecular flexibility index (Phi) is 4.61. The summed E-state index contributed by atoms with van der Waals surface area (Å²) in [6.45, 7) is 10.2. The van der Waals surface area contributed by atoms with Gasteiger partial charge in [-0.2, -0.15) is 5.10 Å². The molecule has 0 bridgehead atoms. The zero-order valence-electron chi connectivity index (χ0n) is 16.4. The van der Waals surface area contributed by atoms with E-state index in [1.54, 1.807) is 29.6 Å². The lowest BCUT2D eigenvalue weighted by atomic mass is 9.87. The number of aliphatic carboxylic acids is 1. The number of carbonyl (C=O) groups is 2. The number of hydrogen-bond acceptors (Lipinski definition) is 5. The Morgan fingerprint density at radius 2 is 1.85 bits per heavy atom. The molecule has 1 fully saturated rings. The van der Waals surface area contributed by atoms with Gasteiger partial charge >= 0.3 is 5.97 Å². The number of carboxylic acid groups (broad SMARTS) is 1. The molecule has 27 heavy (non-hydrogen) atoms. The van der Waals surface area contributed by atoms with Gasteiger partial charge in [0, 0.05) is 44.5 Å². The Morgan fingerprint density at radius 3 is 2.30 bits per heavy atom. The van der Waals surface area contributed by atoms with Crippen molar-refractivity contribution in [3.63, 3.8) is 0 Å². The van der Waals surface area contributed by atoms with Crippen LogP contribution in [0.2, 0.25) is 0 Å². The van der Waals surface area contributed by atoms with E-state index in [2.05, 4.69) is 10.1 Å². The van der Waals surface area contributed by atoms with Crippen molar-refractivity contribution in [1.82, 2.24) is 19.7 Å². The molecule has 3 heterocycles. The molecular formula is C19H26N4O4. The first-order chi connectivity index (χ1) is 12.5. The number of nitrogens with zero attached hydrogens (tertiary/aromatic N) is 4. The second-order valence-electron chi connectivity index (χ2n) is 8.16. The number of carboxylic acids is 1. The van der Waals surface area contributed by atoms with Crippen molar-refractivity contribution >= 4 is 11.9 Å². The third kappa shape index (κ3) is 3.36. The molecule has 0 unspecified atom stereocenters. The molecule has 8 heteroatoms. The number of piperidine rings is 1. The molecule has 8 nitrogen and oxygen atoms in total. The maximum atomic E-state index is 12.7. The predicted molar refractivity (Wildman–Crippen MR) is 97.7 cm³/mol. The van der Waals surface area contributed by atoms with Crippen LogP contribution in [-0.2, 0) is 15.7 Å². The first-order valence-corrected chi connectivity index (χ1v) is 9.08.